The third-order valence-electron chi connectivity index (χ3n) is 5.37. The second-order valence-electron chi connectivity index (χ2n) is 7.96. The lowest BCUT2D eigenvalue weighted by atomic mass is 10.0. The zero-order valence-corrected chi connectivity index (χ0v) is 18.1. The molecule has 0 aromatic heterocycles. The van der Waals surface area contributed by atoms with Crippen LogP contribution in [0.4, 0.5) is 17.1 Å². The number of nitrogens with one attached hydrogen (secondary N) is 1. The van der Waals surface area contributed by atoms with Gasteiger partial charge < -0.3 is 10.2 Å². The van der Waals surface area contributed by atoms with E-state index in [9.17, 15) is 9.59 Å². The second kappa shape index (κ2) is 8.11. The van der Waals surface area contributed by atoms with Crippen LogP contribution in [0.15, 0.2) is 78.5 Å². The van der Waals surface area contributed by atoms with Gasteiger partial charge in [-0.1, -0.05) is 47.5 Å². The normalized spacial score (nSPS) is 13.7. The van der Waals surface area contributed by atoms with Crippen LogP contribution < -0.4 is 15.1 Å². The fraction of sp³-hybridized carbons (Fsp3) is 0.154. The molecule has 0 spiro atoms. The quantitative estimate of drug-likeness (QED) is 0.615. The van der Waals surface area contributed by atoms with Crippen LogP contribution in [0.1, 0.15) is 16.7 Å². The number of carbonyl (C=O) groups excluding carboxylic acids is 2. The maximum atomic E-state index is 13.4. The van der Waals surface area contributed by atoms with Crippen LogP contribution in [0, 0.1) is 13.8 Å². The maximum Gasteiger partial charge on any atom is 0.282 e. The van der Waals surface area contributed by atoms with Crippen LogP contribution in [-0.4, -0.2) is 25.9 Å². The van der Waals surface area contributed by atoms with E-state index in [-0.39, 0.29) is 17.5 Å². The summed E-state index contributed by atoms with van der Waals surface area (Å²) in [5.41, 5.74) is 5.88. The van der Waals surface area contributed by atoms with E-state index in [0.717, 1.165) is 22.5 Å². The minimum absolute atomic E-state index is 0.284. The molecule has 31 heavy (non-hydrogen) atoms. The van der Waals surface area contributed by atoms with E-state index in [1.807, 2.05) is 93.5 Å². The van der Waals surface area contributed by atoms with Gasteiger partial charge in [0.25, 0.3) is 11.8 Å². The van der Waals surface area contributed by atoms with Gasteiger partial charge in [0.05, 0.1) is 11.3 Å². The van der Waals surface area contributed by atoms with Crippen molar-refractivity contribution in [3.8, 4) is 0 Å². The van der Waals surface area contributed by atoms with Crippen molar-refractivity contribution in [2.75, 3.05) is 29.2 Å². The third-order valence-corrected chi connectivity index (χ3v) is 5.37. The first-order chi connectivity index (χ1) is 14.8. The van der Waals surface area contributed by atoms with Crippen LogP contribution in [-0.2, 0) is 9.59 Å². The molecule has 1 aliphatic rings. The Hall–Kier alpha value is -3.86. The number of nitrogens with zero attached hydrogens (tertiary/aromatic N) is 2. The van der Waals surface area contributed by atoms with Crippen LogP contribution in [0.3, 0.4) is 0 Å². The van der Waals surface area contributed by atoms with Crippen molar-refractivity contribution in [1.82, 2.24) is 0 Å². The van der Waals surface area contributed by atoms with Gasteiger partial charge in [0.15, 0.2) is 0 Å². The Morgan fingerprint density at radius 1 is 0.710 bits per heavy atom. The molecule has 1 aliphatic heterocycles. The van der Waals surface area contributed by atoms with Crippen LogP contribution >= 0.6 is 0 Å². The van der Waals surface area contributed by atoms with E-state index in [1.165, 1.54) is 4.90 Å². The average Bonchev–Trinajstić information content (AvgIpc) is 2.99. The number of imide groups is 1. The minimum atomic E-state index is -0.360. The fourth-order valence-corrected chi connectivity index (χ4v) is 3.55. The Morgan fingerprint density at radius 3 is 1.81 bits per heavy atom. The lowest BCUT2D eigenvalue weighted by Gasteiger charge is -2.16. The van der Waals surface area contributed by atoms with E-state index >= 15 is 0 Å². The summed E-state index contributed by atoms with van der Waals surface area (Å²) in [6.07, 6.45) is 0. The Morgan fingerprint density at radius 2 is 1.26 bits per heavy atom. The first kappa shape index (κ1) is 20.4. The molecule has 3 aromatic carbocycles. The van der Waals surface area contributed by atoms with Gasteiger partial charge in [-0.05, 0) is 55.8 Å². The molecule has 1 N–H and O–H groups in total. The molecule has 0 saturated carbocycles. The van der Waals surface area contributed by atoms with Crippen molar-refractivity contribution in [3.05, 3.63) is 95.2 Å². The summed E-state index contributed by atoms with van der Waals surface area (Å²) in [5, 5.41) is 3.21. The predicted molar refractivity (Wildman–Crippen MR) is 126 cm³/mol. The van der Waals surface area contributed by atoms with E-state index in [4.69, 9.17) is 0 Å². The smallest absolute Gasteiger partial charge is 0.282 e. The van der Waals surface area contributed by atoms with E-state index < -0.39 is 0 Å². The lowest BCUT2D eigenvalue weighted by Crippen LogP contribution is -2.32. The molecule has 0 unspecified atom stereocenters. The SMILES string of the molecule is Cc1ccc(C2=C(Nc3ccc(N(C)C)cc3)C(=O)N(c3ccc(C)cc3)C2=O)cc1. The topological polar surface area (TPSA) is 52.7 Å². The first-order valence-corrected chi connectivity index (χ1v) is 10.2. The fourth-order valence-electron chi connectivity index (χ4n) is 3.55. The van der Waals surface area contributed by atoms with Crippen molar-refractivity contribution >= 4 is 34.4 Å². The molecule has 0 bridgehead atoms. The standard InChI is InChI=1S/C26H25N3O2/c1-17-5-9-19(10-6-17)23-24(27-20-11-15-21(16-12-20)28(3)4)26(31)29(25(23)30)22-13-7-18(2)8-14-22/h5-16,27H,1-4H3. The first-order valence-electron chi connectivity index (χ1n) is 10.2. The van der Waals surface area contributed by atoms with Gasteiger partial charge in [-0.15, -0.1) is 0 Å². The number of hydrogen-bond donors (Lipinski definition) is 1. The number of amides is 2. The molecule has 1 heterocycles. The van der Waals surface area contributed by atoms with Gasteiger partial charge >= 0.3 is 0 Å². The second-order valence-corrected chi connectivity index (χ2v) is 7.96. The summed E-state index contributed by atoms with van der Waals surface area (Å²) >= 11 is 0. The molecule has 0 atom stereocenters. The zero-order valence-electron chi connectivity index (χ0n) is 18.1. The summed E-state index contributed by atoms with van der Waals surface area (Å²) in [5.74, 6) is -0.689. The van der Waals surface area contributed by atoms with Crippen molar-refractivity contribution < 1.29 is 9.59 Å². The van der Waals surface area contributed by atoms with Gasteiger partial charge in [-0.2, -0.15) is 0 Å². The Balaban J connectivity index is 1.77. The minimum Gasteiger partial charge on any atom is -0.378 e. The molecule has 0 radical (unpaired) electrons. The van der Waals surface area contributed by atoms with Crippen molar-refractivity contribution in [1.29, 1.82) is 0 Å². The molecular formula is C26H25N3O2. The van der Waals surface area contributed by atoms with Crippen LogP contribution in [0.25, 0.3) is 5.57 Å². The summed E-state index contributed by atoms with van der Waals surface area (Å²) in [4.78, 5) is 30.1. The van der Waals surface area contributed by atoms with Crippen LogP contribution in [0.2, 0.25) is 0 Å². The van der Waals surface area contributed by atoms with Gasteiger partial charge in [-0.25, -0.2) is 4.90 Å². The summed E-state index contributed by atoms with van der Waals surface area (Å²) in [6.45, 7) is 3.96. The number of anilines is 3. The molecule has 0 fully saturated rings. The number of hydrogen-bond acceptors (Lipinski definition) is 4. The Bertz CT molecular complexity index is 1160. The van der Waals surface area contributed by atoms with Gasteiger partial charge in [-0.3, -0.25) is 9.59 Å². The van der Waals surface area contributed by atoms with Gasteiger partial charge in [0.1, 0.15) is 5.70 Å². The molecule has 4 rings (SSSR count). The molecule has 2 amide bonds. The molecule has 156 valence electrons. The highest BCUT2D eigenvalue weighted by Gasteiger charge is 2.40. The molecule has 0 saturated heterocycles. The molecule has 5 heteroatoms. The molecule has 5 nitrogen and oxygen atoms in total. The largest absolute Gasteiger partial charge is 0.378 e. The lowest BCUT2D eigenvalue weighted by molar-refractivity contribution is -0.120. The maximum absolute atomic E-state index is 13.4. The van der Waals surface area contributed by atoms with Crippen molar-refractivity contribution in [2.24, 2.45) is 0 Å². The highest BCUT2D eigenvalue weighted by molar-refractivity contribution is 6.46. The highest BCUT2D eigenvalue weighted by Crippen LogP contribution is 2.34. The van der Waals surface area contributed by atoms with Gasteiger partial charge in [0.2, 0.25) is 0 Å². The number of carbonyl (C=O) groups is 2. The van der Waals surface area contributed by atoms with Crippen molar-refractivity contribution in [2.45, 2.75) is 13.8 Å². The molecule has 0 aliphatic carbocycles. The zero-order chi connectivity index (χ0) is 22.1. The molecular weight excluding hydrogens is 386 g/mol. The summed E-state index contributed by atoms with van der Waals surface area (Å²) in [7, 11) is 3.94. The predicted octanol–water partition coefficient (Wildman–Crippen LogP) is 4.77. The number of aryl methyl sites for hydroxylation is 2. The summed E-state index contributed by atoms with van der Waals surface area (Å²) < 4.78 is 0. The monoisotopic (exact) mass is 411 g/mol. The van der Waals surface area contributed by atoms with Gasteiger partial charge in [0, 0.05) is 25.5 Å². The molecule has 3 aromatic rings. The Labute approximate surface area is 182 Å². The third kappa shape index (κ3) is 3.94. The average molecular weight is 412 g/mol. The Kier molecular flexibility index (Phi) is 5.34. The summed E-state index contributed by atoms with van der Waals surface area (Å²) in [6, 6.07) is 22.8. The number of benzene rings is 3. The van der Waals surface area contributed by atoms with E-state index in [2.05, 4.69) is 5.32 Å². The van der Waals surface area contributed by atoms with Crippen LogP contribution in [0.5, 0.6) is 0 Å². The van der Waals surface area contributed by atoms with E-state index in [0.29, 0.717) is 16.8 Å². The van der Waals surface area contributed by atoms with Crippen molar-refractivity contribution in [3.63, 3.8) is 0 Å². The van der Waals surface area contributed by atoms with E-state index in [1.54, 1.807) is 12.1 Å². The highest BCUT2D eigenvalue weighted by atomic mass is 16.2. The number of rotatable bonds is 5.